The van der Waals surface area contributed by atoms with E-state index in [1.54, 1.807) is 0 Å². The molecule has 2 heterocycles. The van der Waals surface area contributed by atoms with Gasteiger partial charge in [0.25, 0.3) is 0 Å². The number of carbonyl (C=O) groups is 2. The molecule has 0 amide bonds. The number of carbonyl (C=O) groups excluding carboxylic acids is 1. The average Bonchev–Trinajstić information content (AvgIpc) is 3.15. The van der Waals surface area contributed by atoms with Crippen molar-refractivity contribution < 1.29 is 69.0 Å². The van der Waals surface area contributed by atoms with Crippen molar-refractivity contribution in [2.45, 2.75) is 167 Å². The van der Waals surface area contributed by atoms with Crippen LogP contribution in [-0.4, -0.2) is 129 Å². The van der Waals surface area contributed by atoms with Gasteiger partial charge in [0.1, 0.15) is 42.7 Å². The molecule has 7 N–H and O–H groups in total. The van der Waals surface area contributed by atoms with Gasteiger partial charge in [-0.3, -0.25) is 9.59 Å². The standard InChI is InChI=1S/C42H66O14/c1-37(2)25-10-13-41(6)26(9-8-21-22-18-38(3,36(51)52-7)14-16-42(22,35(49)50)17-15-40(21,41)5)39(25,4)12-11-27(37)55-33-31(48)32(23(44)20-53-33)56-34-30(47)29(46)28(45)24(19-43)54-34/h8,22-34,43-48H,9-20H2,1-7H3,(H,49,50)/t22?,23-,24+,25?,26+,27-,28+,29-,30+,31+,32-,33-,34-,38+,39-,40+,41+,42-/m0/s1. The number of aliphatic carboxylic acids is 1. The molecule has 14 heteroatoms. The first-order valence-corrected chi connectivity index (χ1v) is 20.8. The van der Waals surface area contributed by atoms with E-state index < -0.39 is 78.7 Å². The zero-order chi connectivity index (χ0) is 41.0. The van der Waals surface area contributed by atoms with Crippen LogP contribution < -0.4 is 0 Å². The fraction of sp³-hybridized carbons (Fsp3) is 0.905. The van der Waals surface area contributed by atoms with Gasteiger partial charge in [-0.25, -0.2) is 0 Å². The molecule has 5 aliphatic carbocycles. The summed E-state index contributed by atoms with van der Waals surface area (Å²) in [5.41, 5.74) is -1.18. The van der Waals surface area contributed by atoms with Crippen LogP contribution in [0.4, 0.5) is 0 Å². The number of rotatable bonds is 7. The van der Waals surface area contributed by atoms with Gasteiger partial charge in [-0.15, -0.1) is 0 Å². The topological polar surface area (TPSA) is 222 Å². The summed E-state index contributed by atoms with van der Waals surface area (Å²) in [7, 11) is 1.41. The van der Waals surface area contributed by atoms with Gasteiger partial charge in [0.05, 0.1) is 37.3 Å². The summed E-state index contributed by atoms with van der Waals surface area (Å²) in [6.45, 7) is 12.7. The van der Waals surface area contributed by atoms with Crippen molar-refractivity contribution in [2.75, 3.05) is 20.3 Å². The Labute approximate surface area is 329 Å². The Bertz CT molecular complexity index is 1550. The molecule has 2 saturated heterocycles. The van der Waals surface area contributed by atoms with Crippen LogP contribution in [0.15, 0.2) is 11.6 Å². The Balaban J connectivity index is 1.10. The van der Waals surface area contributed by atoms with Crippen molar-refractivity contribution in [3.63, 3.8) is 0 Å². The largest absolute Gasteiger partial charge is 0.481 e. The molecule has 0 aromatic carbocycles. The van der Waals surface area contributed by atoms with Gasteiger partial charge in [0.15, 0.2) is 12.6 Å². The lowest BCUT2D eigenvalue weighted by molar-refractivity contribution is -0.357. The lowest BCUT2D eigenvalue weighted by Gasteiger charge is -2.71. The molecule has 0 aromatic rings. The predicted octanol–water partition coefficient (Wildman–Crippen LogP) is 2.67. The number of hydrogen-bond donors (Lipinski definition) is 7. The van der Waals surface area contributed by atoms with Crippen molar-refractivity contribution in [1.82, 2.24) is 0 Å². The highest BCUT2D eigenvalue weighted by molar-refractivity contribution is 5.80. The first-order valence-electron chi connectivity index (χ1n) is 20.8. The van der Waals surface area contributed by atoms with Crippen molar-refractivity contribution in [1.29, 1.82) is 0 Å². The lowest BCUT2D eigenvalue weighted by atomic mass is 9.33. The van der Waals surface area contributed by atoms with Crippen LogP contribution in [-0.2, 0) is 33.3 Å². The van der Waals surface area contributed by atoms with E-state index in [0.717, 1.165) is 32.1 Å². The summed E-state index contributed by atoms with van der Waals surface area (Å²) in [6, 6.07) is 0. The van der Waals surface area contributed by atoms with Crippen LogP contribution in [0.5, 0.6) is 0 Å². The summed E-state index contributed by atoms with van der Waals surface area (Å²) < 4.78 is 29.1. The number of esters is 1. The quantitative estimate of drug-likeness (QED) is 0.112. The summed E-state index contributed by atoms with van der Waals surface area (Å²) in [4.78, 5) is 26.2. The predicted molar refractivity (Wildman–Crippen MR) is 198 cm³/mol. The number of methoxy groups -OCH3 is 1. The smallest absolute Gasteiger partial charge is 0.311 e. The molecule has 2 aliphatic heterocycles. The van der Waals surface area contributed by atoms with E-state index in [0.29, 0.717) is 38.0 Å². The number of aliphatic hydroxyl groups excluding tert-OH is 6. The average molecular weight is 795 g/mol. The second-order valence-corrected chi connectivity index (χ2v) is 20.1. The molecule has 18 atom stereocenters. The van der Waals surface area contributed by atoms with Crippen LogP contribution in [0.2, 0.25) is 0 Å². The highest BCUT2D eigenvalue weighted by Crippen LogP contribution is 2.76. The molecule has 0 bridgehead atoms. The van der Waals surface area contributed by atoms with Gasteiger partial charge in [0.2, 0.25) is 0 Å². The Morgan fingerprint density at radius 2 is 1.52 bits per heavy atom. The van der Waals surface area contributed by atoms with E-state index in [1.165, 1.54) is 12.7 Å². The zero-order valence-corrected chi connectivity index (χ0v) is 34.1. The molecule has 14 nitrogen and oxygen atoms in total. The molecule has 56 heavy (non-hydrogen) atoms. The SMILES string of the molecule is COC(=O)[C@]1(C)CC[C@]2(C(=O)O)CC[C@]3(C)C(=CC[C@@H]4[C@@]5(C)CC[C@H](O[C@@H]6OC[C@H](O)[C@H](O[C@@H]7O[C@H](CO)[C@@H](O)[C@H](O)[C@H]7O)[C@H]6O)C(C)(C)C5CC[C@]43C)C2C1. The minimum Gasteiger partial charge on any atom is -0.481 e. The summed E-state index contributed by atoms with van der Waals surface area (Å²) in [5.74, 6) is -0.698. The van der Waals surface area contributed by atoms with Gasteiger partial charge in [0, 0.05) is 0 Å². The highest BCUT2D eigenvalue weighted by Gasteiger charge is 2.70. The van der Waals surface area contributed by atoms with Crippen LogP contribution >= 0.6 is 0 Å². The van der Waals surface area contributed by atoms with Crippen LogP contribution in [0.25, 0.3) is 0 Å². The molecule has 7 rings (SSSR count). The van der Waals surface area contributed by atoms with Crippen LogP contribution in [0.3, 0.4) is 0 Å². The zero-order valence-electron chi connectivity index (χ0n) is 34.1. The summed E-state index contributed by atoms with van der Waals surface area (Å²) in [5, 5.41) is 73.7. The van der Waals surface area contributed by atoms with Crippen molar-refractivity contribution in [3.8, 4) is 0 Å². The number of carboxylic acids is 1. The van der Waals surface area contributed by atoms with Crippen molar-refractivity contribution in [3.05, 3.63) is 11.6 Å². The number of allylic oxidation sites excluding steroid dienone is 2. The molecular formula is C42H66O14. The maximum Gasteiger partial charge on any atom is 0.311 e. The Hall–Kier alpha value is -1.72. The molecule has 0 aromatic heterocycles. The molecule has 4 saturated carbocycles. The number of carboxylic acid groups (broad SMARTS) is 1. The first kappa shape index (κ1) is 42.4. The number of ether oxygens (including phenoxy) is 5. The van der Waals surface area contributed by atoms with E-state index in [4.69, 9.17) is 23.7 Å². The fourth-order valence-electron chi connectivity index (χ4n) is 13.7. The maximum atomic E-state index is 13.1. The fourth-order valence-corrected chi connectivity index (χ4v) is 13.7. The Kier molecular flexibility index (Phi) is 11.0. The molecule has 0 spiro atoms. The Morgan fingerprint density at radius 3 is 2.18 bits per heavy atom. The number of aliphatic hydroxyl groups is 6. The maximum absolute atomic E-state index is 13.1. The molecular weight excluding hydrogens is 728 g/mol. The van der Waals surface area contributed by atoms with Crippen LogP contribution in [0.1, 0.15) is 106 Å². The molecule has 2 unspecified atom stereocenters. The normalized spacial score (nSPS) is 52.7. The van der Waals surface area contributed by atoms with Gasteiger partial charge in [-0.1, -0.05) is 46.3 Å². The monoisotopic (exact) mass is 794 g/mol. The second-order valence-electron chi connectivity index (χ2n) is 20.1. The summed E-state index contributed by atoms with van der Waals surface area (Å²) in [6.07, 6.45) is -3.90. The molecule has 318 valence electrons. The first-order chi connectivity index (χ1) is 26.1. The van der Waals surface area contributed by atoms with Gasteiger partial charge in [-0.05, 0) is 111 Å². The minimum atomic E-state index is -1.70. The lowest BCUT2D eigenvalue weighted by Crippen LogP contribution is -2.66. The molecule has 6 fully saturated rings. The third kappa shape index (κ3) is 6.09. The van der Waals surface area contributed by atoms with Gasteiger partial charge >= 0.3 is 11.9 Å². The van der Waals surface area contributed by atoms with E-state index in [1.807, 2.05) is 6.92 Å². The van der Waals surface area contributed by atoms with Crippen molar-refractivity contribution in [2.24, 2.45) is 50.2 Å². The number of fused-ring (bicyclic) bond motifs is 7. The number of hydrogen-bond acceptors (Lipinski definition) is 13. The van der Waals surface area contributed by atoms with Gasteiger partial charge in [-0.2, -0.15) is 0 Å². The summed E-state index contributed by atoms with van der Waals surface area (Å²) >= 11 is 0. The molecule has 7 aliphatic rings. The second kappa shape index (κ2) is 14.5. The van der Waals surface area contributed by atoms with E-state index >= 15 is 0 Å². The molecule has 0 radical (unpaired) electrons. The van der Waals surface area contributed by atoms with Crippen molar-refractivity contribution >= 4 is 11.9 Å². The highest BCUT2D eigenvalue weighted by atomic mass is 16.7. The van der Waals surface area contributed by atoms with Gasteiger partial charge < -0.3 is 59.4 Å². The third-order valence-corrected chi connectivity index (χ3v) is 17.3. The minimum absolute atomic E-state index is 0.0766. The van der Waals surface area contributed by atoms with E-state index in [9.17, 15) is 45.3 Å². The van der Waals surface area contributed by atoms with E-state index in [-0.39, 0.29) is 52.2 Å². The Morgan fingerprint density at radius 1 is 0.821 bits per heavy atom. The van der Waals surface area contributed by atoms with E-state index in [2.05, 4.69) is 40.7 Å². The van der Waals surface area contributed by atoms with Crippen LogP contribution in [0, 0.1) is 50.2 Å². The third-order valence-electron chi connectivity index (χ3n) is 17.3.